The van der Waals surface area contributed by atoms with Gasteiger partial charge in [0.05, 0.1) is 4.34 Å². The lowest BCUT2D eigenvalue weighted by atomic mass is 9.76. The van der Waals surface area contributed by atoms with Crippen molar-refractivity contribution in [3.8, 4) is 0 Å². The van der Waals surface area contributed by atoms with Crippen LogP contribution in [0.4, 0.5) is 5.69 Å². The lowest BCUT2D eigenvalue weighted by Crippen LogP contribution is -2.52. The van der Waals surface area contributed by atoms with E-state index in [0.29, 0.717) is 5.41 Å². The number of nitrogens with zero attached hydrogens (tertiary/aromatic N) is 1. The van der Waals surface area contributed by atoms with E-state index >= 15 is 0 Å². The first-order valence-corrected chi connectivity index (χ1v) is 6.21. The van der Waals surface area contributed by atoms with Gasteiger partial charge in [0, 0.05) is 24.2 Å². The van der Waals surface area contributed by atoms with Gasteiger partial charge in [0.1, 0.15) is 0 Å². The van der Waals surface area contributed by atoms with E-state index in [4.69, 9.17) is 11.6 Å². The summed E-state index contributed by atoms with van der Waals surface area (Å²) in [7, 11) is 0. The van der Waals surface area contributed by atoms with Crippen LogP contribution in [-0.4, -0.2) is 13.1 Å². The van der Waals surface area contributed by atoms with Gasteiger partial charge < -0.3 is 4.90 Å². The molecule has 0 radical (unpaired) electrons. The average molecular weight is 230 g/mol. The molecule has 0 unspecified atom stereocenters. The van der Waals surface area contributed by atoms with E-state index in [1.54, 1.807) is 11.3 Å². The van der Waals surface area contributed by atoms with E-state index in [0.717, 1.165) is 10.3 Å². The Balaban J connectivity index is 1.95. The van der Waals surface area contributed by atoms with E-state index in [2.05, 4.69) is 37.1 Å². The third kappa shape index (κ3) is 1.91. The molecule has 3 heteroatoms. The lowest BCUT2D eigenvalue weighted by Gasteiger charge is -2.47. The standard InChI is InChI=1S/C11H16ClNS/c1-11(2,3)8-5-13(6-8)9-4-10(12)14-7-9/h4,7-8H,5-6H2,1-3H3. The second kappa shape index (κ2) is 3.42. The van der Waals surface area contributed by atoms with E-state index < -0.39 is 0 Å². The summed E-state index contributed by atoms with van der Waals surface area (Å²) in [5.74, 6) is 0.821. The molecule has 2 heterocycles. The molecule has 0 amide bonds. The van der Waals surface area contributed by atoms with Crippen molar-refractivity contribution in [1.29, 1.82) is 0 Å². The SMILES string of the molecule is CC(C)(C)C1CN(c2csc(Cl)c2)C1. The topological polar surface area (TPSA) is 3.24 Å². The first kappa shape index (κ1) is 10.3. The van der Waals surface area contributed by atoms with Crippen LogP contribution in [0.3, 0.4) is 0 Å². The minimum Gasteiger partial charge on any atom is -0.370 e. The molecule has 0 spiro atoms. The molecule has 1 aromatic heterocycles. The molecule has 2 rings (SSSR count). The van der Waals surface area contributed by atoms with Gasteiger partial charge in [-0.15, -0.1) is 11.3 Å². The van der Waals surface area contributed by atoms with Crippen LogP contribution >= 0.6 is 22.9 Å². The number of thiophene rings is 1. The third-order valence-electron chi connectivity index (χ3n) is 3.03. The number of halogens is 1. The molecule has 14 heavy (non-hydrogen) atoms. The fourth-order valence-corrected chi connectivity index (χ4v) is 2.59. The van der Waals surface area contributed by atoms with Crippen molar-refractivity contribution in [2.45, 2.75) is 20.8 Å². The van der Waals surface area contributed by atoms with Crippen molar-refractivity contribution in [3.63, 3.8) is 0 Å². The summed E-state index contributed by atoms with van der Waals surface area (Å²) in [6.07, 6.45) is 0. The van der Waals surface area contributed by atoms with Crippen molar-refractivity contribution in [2.24, 2.45) is 11.3 Å². The van der Waals surface area contributed by atoms with Gasteiger partial charge in [-0.2, -0.15) is 0 Å². The molecule has 0 aliphatic carbocycles. The highest BCUT2D eigenvalue weighted by atomic mass is 35.5. The van der Waals surface area contributed by atoms with Crippen LogP contribution in [-0.2, 0) is 0 Å². The zero-order valence-corrected chi connectivity index (χ0v) is 10.5. The first-order valence-electron chi connectivity index (χ1n) is 4.96. The molecule has 1 aliphatic heterocycles. The van der Waals surface area contributed by atoms with Crippen LogP contribution in [0.25, 0.3) is 0 Å². The molecule has 1 aromatic rings. The maximum atomic E-state index is 5.90. The quantitative estimate of drug-likeness (QED) is 0.707. The summed E-state index contributed by atoms with van der Waals surface area (Å²) < 4.78 is 0.888. The van der Waals surface area contributed by atoms with Crippen LogP contribution < -0.4 is 4.90 Å². The molecular weight excluding hydrogens is 214 g/mol. The van der Waals surface area contributed by atoms with Crippen molar-refractivity contribution >= 4 is 28.6 Å². The smallest absolute Gasteiger partial charge is 0.0949 e. The molecule has 1 fully saturated rings. The first-order chi connectivity index (χ1) is 6.47. The Kier molecular flexibility index (Phi) is 2.52. The maximum Gasteiger partial charge on any atom is 0.0949 e. The van der Waals surface area contributed by atoms with E-state index in [1.165, 1.54) is 18.8 Å². The normalized spacial score (nSPS) is 18.4. The van der Waals surface area contributed by atoms with Crippen LogP contribution in [0.15, 0.2) is 11.4 Å². The van der Waals surface area contributed by atoms with Crippen molar-refractivity contribution in [1.82, 2.24) is 0 Å². The monoisotopic (exact) mass is 229 g/mol. The zero-order valence-electron chi connectivity index (χ0n) is 8.88. The van der Waals surface area contributed by atoms with Gasteiger partial charge in [0.2, 0.25) is 0 Å². The van der Waals surface area contributed by atoms with Gasteiger partial charge in [-0.05, 0) is 17.4 Å². The van der Waals surface area contributed by atoms with Gasteiger partial charge in [0.15, 0.2) is 0 Å². The summed E-state index contributed by atoms with van der Waals surface area (Å²) in [5.41, 5.74) is 1.73. The molecule has 0 aromatic carbocycles. The molecule has 0 saturated carbocycles. The number of hydrogen-bond acceptors (Lipinski definition) is 2. The highest BCUT2D eigenvalue weighted by Crippen LogP contribution is 2.38. The zero-order chi connectivity index (χ0) is 10.3. The van der Waals surface area contributed by atoms with Gasteiger partial charge in [0.25, 0.3) is 0 Å². The lowest BCUT2D eigenvalue weighted by molar-refractivity contribution is 0.195. The summed E-state index contributed by atoms with van der Waals surface area (Å²) in [4.78, 5) is 2.40. The Bertz CT molecular complexity index is 320. The van der Waals surface area contributed by atoms with Crippen LogP contribution in [0.5, 0.6) is 0 Å². The second-order valence-corrected chi connectivity index (χ2v) is 6.62. The fourth-order valence-electron chi connectivity index (χ4n) is 1.70. The highest BCUT2D eigenvalue weighted by Gasteiger charge is 2.35. The minimum atomic E-state index is 0.441. The summed E-state index contributed by atoms with van der Waals surface area (Å²) in [6.45, 7) is 9.30. The number of hydrogen-bond donors (Lipinski definition) is 0. The summed E-state index contributed by atoms with van der Waals surface area (Å²) in [5, 5.41) is 2.14. The molecule has 0 bridgehead atoms. The second-order valence-electron chi connectivity index (χ2n) is 5.08. The van der Waals surface area contributed by atoms with Crippen molar-refractivity contribution in [3.05, 3.63) is 15.8 Å². The predicted octanol–water partition coefficient (Wildman–Crippen LogP) is 3.88. The minimum absolute atomic E-state index is 0.441. The predicted molar refractivity (Wildman–Crippen MR) is 64.5 cm³/mol. The van der Waals surface area contributed by atoms with Crippen LogP contribution in [0.2, 0.25) is 4.34 Å². The Labute approximate surface area is 94.7 Å². The number of anilines is 1. The van der Waals surface area contributed by atoms with Crippen LogP contribution in [0, 0.1) is 11.3 Å². The fraction of sp³-hybridized carbons (Fsp3) is 0.636. The van der Waals surface area contributed by atoms with Crippen LogP contribution in [0.1, 0.15) is 20.8 Å². The molecule has 1 nitrogen and oxygen atoms in total. The van der Waals surface area contributed by atoms with E-state index in [1.807, 2.05) is 0 Å². The molecule has 78 valence electrons. The molecule has 1 saturated heterocycles. The van der Waals surface area contributed by atoms with E-state index in [-0.39, 0.29) is 0 Å². The van der Waals surface area contributed by atoms with E-state index in [9.17, 15) is 0 Å². The Morgan fingerprint density at radius 2 is 2.07 bits per heavy atom. The highest BCUT2D eigenvalue weighted by molar-refractivity contribution is 7.14. The summed E-state index contributed by atoms with van der Waals surface area (Å²) in [6, 6.07) is 2.06. The van der Waals surface area contributed by atoms with Gasteiger partial charge >= 0.3 is 0 Å². The Hall–Kier alpha value is -0.210. The average Bonchev–Trinajstić information content (AvgIpc) is 2.28. The third-order valence-corrected chi connectivity index (χ3v) is 4.10. The Morgan fingerprint density at radius 3 is 2.50 bits per heavy atom. The van der Waals surface area contributed by atoms with Crippen molar-refractivity contribution in [2.75, 3.05) is 18.0 Å². The molecule has 0 atom stereocenters. The van der Waals surface area contributed by atoms with Gasteiger partial charge in [-0.1, -0.05) is 32.4 Å². The van der Waals surface area contributed by atoms with Crippen molar-refractivity contribution < 1.29 is 0 Å². The summed E-state index contributed by atoms with van der Waals surface area (Å²) >= 11 is 7.52. The largest absolute Gasteiger partial charge is 0.370 e. The molecule has 1 aliphatic rings. The van der Waals surface area contributed by atoms with Gasteiger partial charge in [-0.3, -0.25) is 0 Å². The Morgan fingerprint density at radius 1 is 1.43 bits per heavy atom. The molecular formula is C11H16ClNS. The number of rotatable bonds is 1. The maximum absolute atomic E-state index is 5.90. The van der Waals surface area contributed by atoms with Gasteiger partial charge in [-0.25, -0.2) is 0 Å². The molecule has 0 N–H and O–H groups in total.